The van der Waals surface area contributed by atoms with Crippen molar-refractivity contribution in [1.29, 1.82) is 0 Å². The van der Waals surface area contributed by atoms with E-state index in [4.69, 9.17) is 0 Å². The molecule has 0 saturated carbocycles. The number of aryl methyl sites for hydroxylation is 1. The zero-order valence-electron chi connectivity index (χ0n) is 5.74. The van der Waals surface area contributed by atoms with Crippen molar-refractivity contribution in [3.8, 4) is 0 Å². The molecule has 4 nitrogen and oxygen atoms in total. The van der Waals surface area contributed by atoms with Crippen LogP contribution in [0.4, 0.5) is 5.82 Å². The average molecular weight is 217 g/mol. The molecule has 0 aromatic carbocycles. The molecule has 0 fully saturated rings. The van der Waals surface area contributed by atoms with Gasteiger partial charge in [0.1, 0.15) is 0 Å². The van der Waals surface area contributed by atoms with Crippen LogP contribution in [0.15, 0.2) is 16.7 Å². The van der Waals surface area contributed by atoms with Crippen molar-refractivity contribution in [1.82, 2.24) is 4.98 Å². The zero-order chi connectivity index (χ0) is 8.43. The molecule has 1 aromatic heterocycles. The first-order valence-electron chi connectivity index (χ1n) is 2.88. The van der Waals surface area contributed by atoms with E-state index in [1.165, 1.54) is 6.07 Å². The Kier molecular flexibility index (Phi) is 2.19. The number of hydrogen-bond donors (Lipinski definition) is 0. The van der Waals surface area contributed by atoms with E-state index in [2.05, 4.69) is 20.9 Å². The van der Waals surface area contributed by atoms with Gasteiger partial charge in [-0.2, -0.15) is 0 Å². The fourth-order valence-electron chi connectivity index (χ4n) is 0.701. The van der Waals surface area contributed by atoms with Crippen molar-refractivity contribution in [2.24, 2.45) is 0 Å². The van der Waals surface area contributed by atoms with Gasteiger partial charge in [0.25, 0.3) is 0 Å². The van der Waals surface area contributed by atoms with Crippen LogP contribution in [0.2, 0.25) is 0 Å². The minimum Gasteiger partial charge on any atom is -0.358 e. The van der Waals surface area contributed by atoms with Crippen molar-refractivity contribution in [3.63, 3.8) is 0 Å². The van der Waals surface area contributed by atoms with Crippen LogP contribution in [-0.2, 0) is 0 Å². The van der Waals surface area contributed by atoms with Gasteiger partial charge in [-0.1, -0.05) is 0 Å². The minimum absolute atomic E-state index is 0.128. The maximum absolute atomic E-state index is 10.2. The molecule has 0 radical (unpaired) electrons. The molecule has 0 aliphatic carbocycles. The average Bonchev–Trinajstić information content (AvgIpc) is 1.85. The first-order valence-corrected chi connectivity index (χ1v) is 3.67. The van der Waals surface area contributed by atoms with Crippen molar-refractivity contribution < 1.29 is 4.92 Å². The lowest BCUT2D eigenvalue weighted by Gasteiger charge is -1.92. The smallest absolute Gasteiger partial charge is 0.358 e. The number of hydrogen-bond acceptors (Lipinski definition) is 3. The Morgan fingerprint density at radius 3 is 2.73 bits per heavy atom. The Balaban J connectivity index is 3.19. The highest BCUT2D eigenvalue weighted by molar-refractivity contribution is 9.10. The summed E-state index contributed by atoms with van der Waals surface area (Å²) in [6.07, 6.45) is 0. The van der Waals surface area contributed by atoms with Crippen LogP contribution in [0.5, 0.6) is 0 Å². The number of halogens is 1. The predicted molar refractivity (Wildman–Crippen MR) is 43.3 cm³/mol. The topological polar surface area (TPSA) is 56.0 Å². The molecule has 0 unspecified atom stereocenters. The Hall–Kier alpha value is -0.970. The van der Waals surface area contributed by atoms with Crippen LogP contribution in [0.3, 0.4) is 0 Å². The summed E-state index contributed by atoms with van der Waals surface area (Å²) in [5.74, 6) is -0.128. The third-order valence-electron chi connectivity index (χ3n) is 1.11. The van der Waals surface area contributed by atoms with E-state index < -0.39 is 4.92 Å². The quantitative estimate of drug-likeness (QED) is 0.411. The van der Waals surface area contributed by atoms with Gasteiger partial charge >= 0.3 is 5.82 Å². The van der Waals surface area contributed by atoms with Gasteiger partial charge in [-0.3, -0.25) is 0 Å². The zero-order valence-corrected chi connectivity index (χ0v) is 7.33. The lowest BCUT2D eigenvalue weighted by Crippen LogP contribution is -1.92. The van der Waals surface area contributed by atoms with E-state index >= 15 is 0 Å². The van der Waals surface area contributed by atoms with Crippen molar-refractivity contribution in [2.75, 3.05) is 0 Å². The van der Waals surface area contributed by atoms with Gasteiger partial charge in [-0.05, 0) is 28.5 Å². The van der Waals surface area contributed by atoms with Crippen LogP contribution in [0, 0.1) is 17.0 Å². The van der Waals surface area contributed by atoms with Gasteiger partial charge in [-0.25, -0.2) is 0 Å². The van der Waals surface area contributed by atoms with E-state index in [1.54, 1.807) is 13.0 Å². The van der Waals surface area contributed by atoms with Gasteiger partial charge in [-0.15, -0.1) is 0 Å². The summed E-state index contributed by atoms with van der Waals surface area (Å²) in [4.78, 5) is 13.4. The van der Waals surface area contributed by atoms with Crippen LogP contribution in [0.1, 0.15) is 5.56 Å². The van der Waals surface area contributed by atoms with Gasteiger partial charge in [0.05, 0.1) is 0 Å². The summed E-state index contributed by atoms with van der Waals surface area (Å²) in [7, 11) is 0. The monoisotopic (exact) mass is 216 g/mol. The molecule has 0 amide bonds. The molecule has 11 heavy (non-hydrogen) atoms. The molecule has 1 aromatic rings. The van der Waals surface area contributed by atoms with Crippen LogP contribution < -0.4 is 0 Å². The summed E-state index contributed by atoms with van der Waals surface area (Å²) in [6, 6.07) is 3.14. The van der Waals surface area contributed by atoms with E-state index in [9.17, 15) is 10.1 Å². The maximum atomic E-state index is 10.2. The molecule has 0 N–H and O–H groups in total. The summed E-state index contributed by atoms with van der Waals surface area (Å²) in [5.41, 5.74) is 0.818. The Morgan fingerprint density at radius 1 is 1.64 bits per heavy atom. The number of aromatic nitrogens is 1. The first kappa shape index (κ1) is 8.13. The van der Waals surface area contributed by atoms with Crippen molar-refractivity contribution in [2.45, 2.75) is 6.92 Å². The summed E-state index contributed by atoms with van der Waals surface area (Å²) >= 11 is 3.07. The molecule has 0 spiro atoms. The van der Waals surface area contributed by atoms with Gasteiger partial charge in [0, 0.05) is 22.0 Å². The number of pyridine rings is 1. The van der Waals surface area contributed by atoms with Crippen LogP contribution in [0.25, 0.3) is 0 Å². The summed E-state index contributed by atoms with van der Waals surface area (Å²) in [6.45, 7) is 1.78. The highest BCUT2D eigenvalue weighted by Crippen LogP contribution is 2.15. The third kappa shape index (κ3) is 1.98. The van der Waals surface area contributed by atoms with Crippen molar-refractivity contribution in [3.05, 3.63) is 32.4 Å². The van der Waals surface area contributed by atoms with E-state index in [1.807, 2.05) is 0 Å². The summed E-state index contributed by atoms with van der Waals surface area (Å²) < 4.78 is 0.490. The Morgan fingerprint density at radius 2 is 2.27 bits per heavy atom. The molecule has 0 atom stereocenters. The van der Waals surface area contributed by atoms with Crippen LogP contribution >= 0.6 is 15.9 Å². The predicted octanol–water partition coefficient (Wildman–Crippen LogP) is 2.06. The van der Waals surface area contributed by atoms with Crippen LogP contribution in [-0.4, -0.2) is 9.91 Å². The molecule has 5 heteroatoms. The maximum Gasteiger partial charge on any atom is 0.364 e. The number of nitro groups is 1. The highest BCUT2D eigenvalue weighted by Gasteiger charge is 2.08. The van der Waals surface area contributed by atoms with E-state index in [-0.39, 0.29) is 5.82 Å². The molecule has 1 rings (SSSR count). The highest BCUT2D eigenvalue weighted by atomic mass is 79.9. The first-order chi connectivity index (χ1) is 5.09. The molecule has 0 aliphatic rings. The lowest BCUT2D eigenvalue weighted by atomic mass is 10.3. The summed E-state index contributed by atoms with van der Waals surface area (Å²) in [5, 5.41) is 10.2. The Bertz CT molecular complexity index is 280. The van der Waals surface area contributed by atoms with E-state index in [0.717, 1.165) is 5.56 Å². The number of nitrogens with zero attached hydrogens (tertiary/aromatic N) is 2. The lowest BCUT2D eigenvalue weighted by molar-refractivity contribution is -0.389. The fraction of sp³-hybridized carbons (Fsp3) is 0.167. The SMILES string of the molecule is Cc1cc(Br)nc([N+](=O)[O-])c1. The second kappa shape index (κ2) is 2.96. The second-order valence-corrected chi connectivity index (χ2v) is 2.90. The molecule has 0 saturated heterocycles. The number of rotatable bonds is 1. The molecule has 58 valence electrons. The fourth-order valence-corrected chi connectivity index (χ4v) is 1.24. The van der Waals surface area contributed by atoms with E-state index in [0.29, 0.717) is 4.60 Å². The molecule has 0 bridgehead atoms. The minimum atomic E-state index is -0.516. The largest absolute Gasteiger partial charge is 0.364 e. The van der Waals surface area contributed by atoms with Gasteiger partial charge < -0.3 is 10.1 Å². The third-order valence-corrected chi connectivity index (χ3v) is 1.52. The standard InChI is InChI=1S/C6H5BrN2O2/c1-4-2-5(7)8-6(3-4)9(10)11/h2-3H,1H3. The molecular weight excluding hydrogens is 212 g/mol. The Labute approximate surface area is 71.5 Å². The van der Waals surface area contributed by atoms with Crippen molar-refractivity contribution >= 4 is 21.7 Å². The normalized spacial score (nSPS) is 9.64. The molecule has 0 aliphatic heterocycles. The molecule has 1 heterocycles. The molecular formula is C6H5BrN2O2. The van der Waals surface area contributed by atoms with Gasteiger partial charge in [0.2, 0.25) is 4.60 Å². The van der Waals surface area contributed by atoms with Gasteiger partial charge in [0.15, 0.2) is 0 Å². The second-order valence-electron chi connectivity index (χ2n) is 2.08.